The van der Waals surface area contributed by atoms with Crippen LogP contribution < -0.4 is 5.50 Å². The van der Waals surface area contributed by atoms with Gasteiger partial charge in [0.15, 0.2) is 0 Å². The Morgan fingerprint density at radius 3 is 1.62 bits per heavy atom. The highest BCUT2D eigenvalue weighted by Gasteiger charge is 2.10. The summed E-state index contributed by atoms with van der Waals surface area (Å²) in [6, 6.07) is 0. The van der Waals surface area contributed by atoms with E-state index in [-0.39, 0.29) is 12.4 Å². The molecular formula is C2H9ClNO3P. The Balaban J connectivity index is 0. The highest BCUT2D eigenvalue weighted by Crippen LogP contribution is 2.35. The smallest absolute Gasteiger partial charge is 0.300 e. The lowest BCUT2D eigenvalue weighted by atomic mass is 11.8. The Labute approximate surface area is 54.3 Å². The normalized spacial score (nSPS) is 10.4. The quantitative estimate of drug-likeness (QED) is 0.608. The summed E-state index contributed by atoms with van der Waals surface area (Å²) in [6.07, 6.45) is 0. The molecule has 0 rings (SSSR count). The van der Waals surface area contributed by atoms with Gasteiger partial charge in [0.05, 0.1) is 0 Å². The van der Waals surface area contributed by atoms with Crippen LogP contribution in [0.25, 0.3) is 0 Å². The molecule has 0 saturated carbocycles. The minimum Gasteiger partial charge on any atom is -0.300 e. The van der Waals surface area contributed by atoms with Crippen LogP contribution in [0.5, 0.6) is 0 Å². The van der Waals surface area contributed by atoms with Crippen LogP contribution in [0.4, 0.5) is 0 Å². The van der Waals surface area contributed by atoms with Gasteiger partial charge in [0, 0.05) is 14.2 Å². The Morgan fingerprint density at radius 2 is 1.62 bits per heavy atom. The molecule has 0 aromatic carbocycles. The third kappa shape index (κ3) is 4.56. The van der Waals surface area contributed by atoms with Gasteiger partial charge in [0.2, 0.25) is 0 Å². The third-order valence-corrected chi connectivity index (χ3v) is 1.53. The minimum atomic E-state index is -3.15. The summed E-state index contributed by atoms with van der Waals surface area (Å²) in [5.74, 6) is 0. The van der Waals surface area contributed by atoms with Gasteiger partial charge in [-0.25, -0.2) is 10.1 Å². The number of halogens is 1. The maximum absolute atomic E-state index is 10.3. The molecule has 0 unspecified atom stereocenters. The van der Waals surface area contributed by atoms with Crippen LogP contribution in [0.15, 0.2) is 0 Å². The van der Waals surface area contributed by atoms with Crippen LogP contribution in [0.1, 0.15) is 0 Å². The average Bonchev–Trinajstić information content (AvgIpc) is 1.68. The molecule has 8 heavy (non-hydrogen) atoms. The van der Waals surface area contributed by atoms with Crippen LogP contribution >= 0.6 is 20.2 Å². The van der Waals surface area contributed by atoms with Crippen molar-refractivity contribution in [3.8, 4) is 0 Å². The summed E-state index contributed by atoms with van der Waals surface area (Å²) < 4.78 is 18.7. The second kappa shape index (κ2) is 4.30. The second-order valence-electron chi connectivity index (χ2n) is 0.905. The zero-order chi connectivity index (χ0) is 5.91. The first kappa shape index (κ1) is 11.2. The molecule has 4 nitrogen and oxygen atoms in total. The zero-order valence-corrected chi connectivity index (χ0v) is 6.37. The molecule has 52 valence electrons. The van der Waals surface area contributed by atoms with Crippen molar-refractivity contribution < 1.29 is 13.6 Å². The standard InChI is InChI=1S/C2H8NO3P.ClH/c1-5-7(3,4)6-2;/h1-2H3,(H2,3,4);1H. The molecule has 0 amide bonds. The topological polar surface area (TPSA) is 61.5 Å². The van der Waals surface area contributed by atoms with E-state index in [0.717, 1.165) is 0 Å². The summed E-state index contributed by atoms with van der Waals surface area (Å²) >= 11 is 0. The summed E-state index contributed by atoms with van der Waals surface area (Å²) in [5, 5.41) is 0. The Kier molecular flexibility index (Phi) is 6.03. The molecule has 0 aromatic rings. The average molecular weight is 162 g/mol. The van der Waals surface area contributed by atoms with E-state index in [9.17, 15) is 4.57 Å². The fourth-order valence-electron chi connectivity index (χ4n) is 0.0745. The maximum atomic E-state index is 10.3. The van der Waals surface area contributed by atoms with E-state index >= 15 is 0 Å². The zero-order valence-electron chi connectivity index (χ0n) is 4.66. The van der Waals surface area contributed by atoms with E-state index in [4.69, 9.17) is 5.50 Å². The van der Waals surface area contributed by atoms with Gasteiger partial charge in [0.25, 0.3) is 0 Å². The van der Waals surface area contributed by atoms with Crippen molar-refractivity contribution in [3.05, 3.63) is 0 Å². The molecule has 0 aliphatic carbocycles. The van der Waals surface area contributed by atoms with Crippen LogP contribution in [0.2, 0.25) is 0 Å². The highest BCUT2D eigenvalue weighted by molar-refractivity contribution is 7.51. The van der Waals surface area contributed by atoms with Crippen molar-refractivity contribution in [2.75, 3.05) is 14.2 Å². The number of rotatable bonds is 2. The van der Waals surface area contributed by atoms with Crippen LogP contribution in [0.3, 0.4) is 0 Å². The van der Waals surface area contributed by atoms with Crippen molar-refractivity contribution in [2.24, 2.45) is 5.50 Å². The highest BCUT2D eigenvalue weighted by atomic mass is 35.5. The maximum Gasteiger partial charge on any atom is 0.402 e. The summed E-state index contributed by atoms with van der Waals surface area (Å²) in [4.78, 5) is 0. The monoisotopic (exact) mass is 161 g/mol. The molecule has 0 bridgehead atoms. The predicted octanol–water partition coefficient (Wildman–Crippen LogP) is 0.768. The first-order chi connectivity index (χ1) is 3.12. The molecule has 0 aromatic heterocycles. The molecule has 0 fully saturated rings. The SMILES string of the molecule is COP(N)(=O)OC.Cl. The van der Waals surface area contributed by atoms with Crippen molar-refractivity contribution in [3.63, 3.8) is 0 Å². The number of hydrogen-bond donors (Lipinski definition) is 1. The van der Waals surface area contributed by atoms with Crippen LogP contribution in [-0.4, -0.2) is 14.2 Å². The van der Waals surface area contributed by atoms with E-state index in [1.165, 1.54) is 14.2 Å². The first-order valence-electron chi connectivity index (χ1n) is 1.62. The molecule has 0 saturated heterocycles. The lowest BCUT2D eigenvalue weighted by molar-refractivity contribution is 0.277. The van der Waals surface area contributed by atoms with E-state index in [1.807, 2.05) is 0 Å². The first-order valence-corrected chi connectivity index (χ1v) is 3.23. The molecule has 2 N–H and O–H groups in total. The fourth-order valence-corrected chi connectivity index (χ4v) is 0.224. The molecule has 0 heterocycles. The Hall–Kier alpha value is 0.400. The van der Waals surface area contributed by atoms with Gasteiger partial charge in [-0.2, -0.15) is 0 Å². The van der Waals surface area contributed by atoms with Gasteiger partial charge in [0.1, 0.15) is 0 Å². The van der Waals surface area contributed by atoms with Crippen molar-refractivity contribution in [2.45, 2.75) is 0 Å². The van der Waals surface area contributed by atoms with Crippen LogP contribution in [-0.2, 0) is 13.6 Å². The molecule has 0 aliphatic rings. The van der Waals surface area contributed by atoms with Gasteiger partial charge in [-0.3, -0.25) is 0 Å². The van der Waals surface area contributed by atoms with E-state index in [2.05, 4.69) is 9.05 Å². The second-order valence-corrected chi connectivity index (χ2v) is 2.71. The lowest BCUT2D eigenvalue weighted by Gasteiger charge is -2.03. The third-order valence-electron chi connectivity index (χ3n) is 0.509. The van der Waals surface area contributed by atoms with E-state index in [1.54, 1.807) is 0 Å². The molecule has 0 spiro atoms. The molecule has 0 radical (unpaired) electrons. The Bertz CT molecular complexity index is 89.3. The summed E-state index contributed by atoms with van der Waals surface area (Å²) in [7, 11) is -0.701. The number of nitrogens with two attached hydrogens (primary N) is 1. The van der Waals surface area contributed by atoms with Gasteiger partial charge in [-0.15, -0.1) is 12.4 Å². The molecular weight excluding hydrogens is 152 g/mol. The summed E-state index contributed by atoms with van der Waals surface area (Å²) in [5.41, 5.74) is 4.83. The number of hydrogen-bond acceptors (Lipinski definition) is 3. The lowest BCUT2D eigenvalue weighted by Crippen LogP contribution is -1.97. The molecule has 6 heteroatoms. The van der Waals surface area contributed by atoms with Gasteiger partial charge >= 0.3 is 7.75 Å². The van der Waals surface area contributed by atoms with Gasteiger partial charge < -0.3 is 9.05 Å². The van der Waals surface area contributed by atoms with Crippen molar-refractivity contribution in [1.82, 2.24) is 0 Å². The minimum absolute atomic E-state index is 0. The van der Waals surface area contributed by atoms with Crippen molar-refractivity contribution >= 4 is 20.2 Å². The molecule has 0 aliphatic heterocycles. The van der Waals surface area contributed by atoms with Crippen LogP contribution in [0, 0.1) is 0 Å². The molecule has 0 atom stereocenters. The van der Waals surface area contributed by atoms with E-state index in [0.29, 0.717) is 0 Å². The predicted molar refractivity (Wildman–Crippen MR) is 33.1 cm³/mol. The van der Waals surface area contributed by atoms with Gasteiger partial charge in [-0.1, -0.05) is 0 Å². The summed E-state index contributed by atoms with van der Waals surface area (Å²) in [6.45, 7) is 0. The Morgan fingerprint density at radius 1 is 1.38 bits per heavy atom. The van der Waals surface area contributed by atoms with Crippen molar-refractivity contribution in [1.29, 1.82) is 0 Å². The largest absolute Gasteiger partial charge is 0.402 e. The van der Waals surface area contributed by atoms with E-state index < -0.39 is 7.75 Å². The fraction of sp³-hybridized carbons (Fsp3) is 1.00. The van der Waals surface area contributed by atoms with Gasteiger partial charge in [-0.05, 0) is 0 Å².